The summed E-state index contributed by atoms with van der Waals surface area (Å²) < 4.78 is 5.52. The van der Waals surface area contributed by atoms with Crippen LogP contribution in [0.1, 0.15) is 41.3 Å². The van der Waals surface area contributed by atoms with Crippen molar-refractivity contribution in [1.82, 2.24) is 20.3 Å². The number of carbonyl (C=O) groups excluding carboxylic acids is 1. The van der Waals surface area contributed by atoms with Crippen molar-refractivity contribution in [2.75, 3.05) is 5.32 Å². The van der Waals surface area contributed by atoms with Crippen LogP contribution >= 0.6 is 0 Å². The quantitative estimate of drug-likeness (QED) is 0.684. The number of aromatic amines is 1. The molecule has 0 bridgehead atoms. The van der Waals surface area contributed by atoms with Crippen molar-refractivity contribution < 1.29 is 9.21 Å². The Labute approximate surface area is 139 Å². The van der Waals surface area contributed by atoms with Gasteiger partial charge >= 0.3 is 6.03 Å². The van der Waals surface area contributed by atoms with Gasteiger partial charge in [0, 0.05) is 11.3 Å². The predicted molar refractivity (Wildman–Crippen MR) is 92.1 cm³/mol. The van der Waals surface area contributed by atoms with Crippen molar-refractivity contribution in [3.8, 4) is 0 Å². The minimum Gasteiger partial charge on any atom is -0.466 e. The van der Waals surface area contributed by atoms with Gasteiger partial charge in [0.2, 0.25) is 0 Å². The molecule has 0 fully saturated rings. The summed E-state index contributed by atoms with van der Waals surface area (Å²) in [6.07, 6.45) is 1.43. The monoisotopic (exact) mass is 327 g/mol. The van der Waals surface area contributed by atoms with Gasteiger partial charge in [-0.15, -0.1) is 0 Å². The number of rotatable bonds is 3. The number of carbonyl (C=O) groups is 1. The fourth-order valence-electron chi connectivity index (χ4n) is 2.89. The third-order valence-electron chi connectivity index (χ3n) is 4.22. The lowest BCUT2D eigenvalue weighted by molar-refractivity contribution is 0.249. The zero-order chi connectivity index (χ0) is 17.4. The molecule has 3 heterocycles. The van der Waals surface area contributed by atoms with Crippen LogP contribution in [0.2, 0.25) is 0 Å². The SMILES string of the molecule is Cc1cc(C(C)NC(=O)Nc2ncnc3[nH]c(C)c(C)c23)c(C)o1. The number of amides is 2. The van der Waals surface area contributed by atoms with E-state index in [1.165, 1.54) is 6.33 Å². The second-order valence-electron chi connectivity index (χ2n) is 6.01. The molecule has 7 nitrogen and oxygen atoms in total. The normalized spacial score (nSPS) is 12.4. The van der Waals surface area contributed by atoms with E-state index in [0.29, 0.717) is 11.5 Å². The molecular formula is C17H21N5O2. The first-order valence-electron chi connectivity index (χ1n) is 7.81. The lowest BCUT2D eigenvalue weighted by Gasteiger charge is -2.14. The smallest absolute Gasteiger partial charge is 0.320 e. The number of anilines is 1. The highest BCUT2D eigenvalue weighted by molar-refractivity contribution is 5.99. The van der Waals surface area contributed by atoms with Crippen molar-refractivity contribution in [2.24, 2.45) is 0 Å². The molecule has 0 aromatic carbocycles. The molecule has 0 aliphatic heterocycles. The number of hydrogen-bond donors (Lipinski definition) is 3. The number of furan rings is 1. The highest BCUT2D eigenvalue weighted by Crippen LogP contribution is 2.25. The minimum absolute atomic E-state index is 0.172. The number of aryl methyl sites for hydroxylation is 4. The zero-order valence-corrected chi connectivity index (χ0v) is 14.4. The van der Waals surface area contributed by atoms with Crippen molar-refractivity contribution in [3.05, 3.63) is 40.7 Å². The first-order chi connectivity index (χ1) is 11.4. The Kier molecular flexibility index (Phi) is 4.01. The second kappa shape index (κ2) is 5.99. The number of hydrogen-bond acceptors (Lipinski definition) is 4. The molecule has 3 rings (SSSR count). The van der Waals surface area contributed by atoms with Crippen LogP contribution < -0.4 is 10.6 Å². The first kappa shape index (κ1) is 16.0. The molecule has 0 spiro atoms. The van der Waals surface area contributed by atoms with Gasteiger partial charge < -0.3 is 14.7 Å². The number of H-pyrrole nitrogens is 1. The van der Waals surface area contributed by atoms with Crippen LogP contribution in [-0.2, 0) is 0 Å². The fourth-order valence-corrected chi connectivity index (χ4v) is 2.89. The number of fused-ring (bicyclic) bond motifs is 1. The predicted octanol–water partition coefficient (Wildman–Crippen LogP) is 3.67. The van der Waals surface area contributed by atoms with Crippen LogP contribution in [0.5, 0.6) is 0 Å². The Morgan fingerprint density at radius 3 is 2.67 bits per heavy atom. The van der Waals surface area contributed by atoms with Crippen molar-refractivity contribution in [3.63, 3.8) is 0 Å². The minimum atomic E-state index is -0.320. The molecule has 2 amide bonds. The molecule has 3 aromatic heterocycles. The van der Waals surface area contributed by atoms with E-state index in [-0.39, 0.29) is 12.1 Å². The summed E-state index contributed by atoms with van der Waals surface area (Å²) >= 11 is 0. The standard InChI is InChI=1S/C17H21N5O2/c1-8-6-13(12(5)24-8)11(4)21-17(23)22-16-14-9(2)10(3)20-15(14)18-7-19-16/h6-7,11H,1-5H3,(H3,18,19,20,21,22,23). The highest BCUT2D eigenvalue weighted by Gasteiger charge is 2.17. The molecular weight excluding hydrogens is 306 g/mol. The van der Waals surface area contributed by atoms with E-state index in [9.17, 15) is 4.79 Å². The van der Waals surface area contributed by atoms with E-state index < -0.39 is 0 Å². The van der Waals surface area contributed by atoms with Gasteiger partial charge in [-0.2, -0.15) is 0 Å². The molecule has 0 aliphatic carbocycles. The van der Waals surface area contributed by atoms with E-state index in [0.717, 1.165) is 33.7 Å². The van der Waals surface area contributed by atoms with Gasteiger partial charge in [-0.3, -0.25) is 5.32 Å². The fraction of sp³-hybridized carbons (Fsp3) is 0.353. The van der Waals surface area contributed by atoms with Crippen LogP contribution in [-0.4, -0.2) is 21.0 Å². The molecule has 0 radical (unpaired) electrons. The maximum Gasteiger partial charge on any atom is 0.320 e. The summed E-state index contributed by atoms with van der Waals surface area (Å²) in [5.41, 5.74) is 3.70. The van der Waals surface area contributed by atoms with Crippen LogP contribution in [0.25, 0.3) is 11.0 Å². The number of urea groups is 1. The molecule has 0 aliphatic rings. The van der Waals surface area contributed by atoms with Crippen molar-refractivity contribution in [2.45, 2.75) is 40.7 Å². The summed E-state index contributed by atoms with van der Waals surface area (Å²) in [7, 11) is 0. The topological polar surface area (TPSA) is 95.8 Å². The second-order valence-corrected chi connectivity index (χ2v) is 6.01. The molecule has 1 atom stereocenters. The highest BCUT2D eigenvalue weighted by atomic mass is 16.3. The maximum atomic E-state index is 12.4. The Morgan fingerprint density at radius 2 is 2.00 bits per heavy atom. The van der Waals surface area contributed by atoms with Gasteiger partial charge in [0.1, 0.15) is 29.3 Å². The summed E-state index contributed by atoms with van der Waals surface area (Å²) in [6, 6.07) is 1.44. The van der Waals surface area contributed by atoms with Crippen LogP contribution in [0, 0.1) is 27.7 Å². The summed E-state index contributed by atoms with van der Waals surface area (Å²) in [6.45, 7) is 9.63. The van der Waals surface area contributed by atoms with Crippen LogP contribution in [0.15, 0.2) is 16.8 Å². The number of nitrogens with zero attached hydrogens (tertiary/aromatic N) is 2. The van der Waals surface area contributed by atoms with E-state index in [2.05, 4.69) is 25.6 Å². The molecule has 0 saturated carbocycles. The average molecular weight is 327 g/mol. The van der Waals surface area contributed by atoms with Gasteiger partial charge in [-0.05, 0) is 46.2 Å². The maximum absolute atomic E-state index is 12.4. The van der Waals surface area contributed by atoms with Crippen LogP contribution in [0.3, 0.4) is 0 Å². The Morgan fingerprint density at radius 1 is 1.25 bits per heavy atom. The third-order valence-corrected chi connectivity index (χ3v) is 4.22. The summed E-state index contributed by atoms with van der Waals surface area (Å²) in [5.74, 6) is 2.13. The lowest BCUT2D eigenvalue weighted by Crippen LogP contribution is -2.31. The molecule has 126 valence electrons. The molecule has 1 unspecified atom stereocenters. The van der Waals surface area contributed by atoms with Crippen molar-refractivity contribution in [1.29, 1.82) is 0 Å². The average Bonchev–Trinajstić information content (AvgIpc) is 2.99. The molecule has 3 aromatic rings. The molecule has 0 saturated heterocycles. The van der Waals surface area contributed by atoms with Gasteiger partial charge in [0.15, 0.2) is 0 Å². The largest absolute Gasteiger partial charge is 0.466 e. The number of aromatic nitrogens is 3. The van der Waals surface area contributed by atoms with E-state index in [1.807, 2.05) is 40.7 Å². The molecule has 7 heteroatoms. The molecule has 24 heavy (non-hydrogen) atoms. The van der Waals surface area contributed by atoms with Gasteiger partial charge in [-0.25, -0.2) is 14.8 Å². The van der Waals surface area contributed by atoms with E-state index in [1.54, 1.807) is 0 Å². The lowest BCUT2D eigenvalue weighted by atomic mass is 10.1. The van der Waals surface area contributed by atoms with Gasteiger partial charge in [-0.1, -0.05) is 0 Å². The summed E-state index contributed by atoms with van der Waals surface area (Å²) in [5, 5.41) is 6.55. The Hall–Kier alpha value is -2.83. The van der Waals surface area contributed by atoms with Gasteiger partial charge in [0.25, 0.3) is 0 Å². The van der Waals surface area contributed by atoms with E-state index >= 15 is 0 Å². The number of nitrogens with one attached hydrogen (secondary N) is 3. The van der Waals surface area contributed by atoms with E-state index in [4.69, 9.17) is 4.42 Å². The zero-order valence-electron chi connectivity index (χ0n) is 14.4. The van der Waals surface area contributed by atoms with Crippen LogP contribution in [0.4, 0.5) is 10.6 Å². The Bertz CT molecular complexity index is 909. The Balaban J connectivity index is 1.79. The first-order valence-corrected chi connectivity index (χ1v) is 7.81. The molecule has 3 N–H and O–H groups in total. The summed E-state index contributed by atoms with van der Waals surface area (Å²) in [4.78, 5) is 23.9. The third kappa shape index (κ3) is 2.84. The van der Waals surface area contributed by atoms with Crippen molar-refractivity contribution >= 4 is 22.9 Å². The van der Waals surface area contributed by atoms with Gasteiger partial charge in [0.05, 0.1) is 11.4 Å².